The number of amides is 2. The second kappa shape index (κ2) is 12.9. The molecule has 0 saturated carbocycles. The van der Waals surface area contributed by atoms with E-state index in [0.717, 1.165) is 24.4 Å². The summed E-state index contributed by atoms with van der Waals surface area (Å²) in [5, 5.41) is 0.579. The molecule has 1 aliphatic heterocycles. The molecule has 0 atom stereocenters. The smallest absolute Gasteiger partial charge is 0.261 e. The van der Waals surface area contributed by atoms with Crippen LogP contribution in [-0.2, 0) is 22.7 Å². The minimum absolute atomic E-state index is 0.0627. The van der Waals surface area contributed by atoms with Crippen molar-refractivity contribution in [3.05, 3.63) is 81.7 Å². The largest absolute Gasteiger partial charge is 0.493 e. The Bertz CT molecular complexity index is 1770. The average Bonchev–Trinajstić information content (AvgIpc) is 3.48. The van der Waals surface area contributed by atoms with Crippen molar-refractivity contribution in [2.45, 2.75) is 61.1 Å². The molecule has 0 fully saturated rings. The van der Waals surface area contributed by atoms with Crippen LogP contribution in [0.4, 0.5) is 11.4 Å². The third-order valence-electron chi connectivity index (χ3n) is 8.74. The van der Waals surface area contributed by atoms with Gasteiger partial charge in [0.2, 0.25) is 11.8 Å². The molecule has 0 saturated heterocycles. The summed E-state index contributed by atoms with van der Waals surface area (Å²) in [6, 6.07) is 11.2. The molecule has 0 N–H and O–H groups in total. The second-order valence-corrected chi connectivity index (χ2v) is 12.3. The minimum Gasteiger partial charge on any atom is -0.493 e. The number of nitrogens with zero attached hydrogens (tertiary/aromatic N) is 5. The lowest BCUT2D eigenvalue weighted by molar-refractivity contribution is -0.137. The zero-order valence-corrected chi connectivity index (χ0v) is 27.3. The molecule has 1 aliphatic rings. The van der Waals surface area contributed by atoms with Gasteiger partial charge in [0.15, 0.2) is 0 Å². The number of ether oxygens (including phenoxy) is 1. The van der Waals surface area contributed by atoms with E-state index in [9.17, 15) is 14.4 Å². The summed E-state index contributed by atoms with van der Waals surface area (Å²) in [5.74, 6) is 0.174. The Balaban J connectivity index is 1.29. The molecule has 0 spiro atoms. The van der Waals surface area contributed by atoms with Crippen LogP contribution in [0.2, 0.25) is 0 Å². The van der Waals surface area contributed by atoms with Crippen LogP contribution in [-0.4, -0.2) is 59.6 Å². The van der Waals surface area contributed by atoms with Gasteiger partial charge in [0, 0.05) is 63.4 Å². The first kappa shape index (κ1) is 32.0. The number of fused-ring (bicyclic) bond motifs is 2. The molecule has 10 heteroatoms. The van der Waals surface area contributed by atoms with Gasteiger partial charge in [-0.2, -0.15) is 0 Å². The summed E-state index contributed by atoms with van der Waals surface area (Å²) in [4.78, 5) is 49.6. The lowest BCUT2D eigenvalue weighted by Gasteiger charge is -2.27. The zero-order valence-electron chi connectivity index (χ0n) is 27.3. The van der Waals surface area contributed by atoms with E-state index in [0.29, 0.717) is 60.9 Å². The number of furan rings is 1. The van der Waals surface area contributed by atoms with Crippen molar-refractivity contribution in [1.29, 1.82) is 0 Å². The molecule has 1 aromatic carbocycles. The fourth-order valence-corrected chi connectivity index (χ4v) is 6.16. The zero-order chi connectivity index (χ0) is 32.5. The summed E-state index contributed by atoms with van der Waals surface area (Å²) in [7, 11) is 1.70. The van der Waals surface area contributed by atoms with E-state index in [1.54, 1.807) is 53.8 Å². The predicted molar refractivity (Wildman–Crippen MR) is 176 cm³/mol. The van der Waals surface area contributed by atoms with Gasteiger partial charge >= 0.3 is 0 Å². The highest BCUT2D eigenvalue weighted by atomic mass is 16.5. The Labute approximate surface area is 264 Å². The highest BCUT2D eigenvalue weighted by Crippen LogP contribution is 2.40. The van der Waals surface area contributed by atoms with Crippen LogP contribution < -0.4 is 20.1 Å². The van der Waals surface area contributed by atoms with Gasteiger partial charge in [-0.25, -0.2) is 0 Å². The number of aryl methyl sites for hydroxylation is 3. The maximum Gasteiger partial charge on any atom is 0.261 e. The molecule has 5 rings (SSSR count). The summed E-state index contributed by atoms with van der Waals surface area (Å²) in [6.45, 7) is 15.0. The van der Waals surface area contributed by atoms with Crippen LogP contribution in [0.5, 0.6) is 5.75 Å². The second-order valence-electron chi connectivity index (χ2n) is 12.3. The van der Waals surface area contributed by atoms with Crippen LogP contribution in [0.15, 0.2) is 58.1 Å². The summed E-state index contributed by atoms with van der Waals surface area (Å²) in [6.07, 6.45) is 4.07. The Hall–Kier alpha value is -4.44. The van der Waals surface area contributed by atoms with Gasteiger partial charge < -0.3 is 23.5 Å². The van der Waals surface area contributed by atoms with Crippen LogP contribution >= 0.6 is 0 Å². The first-order chi connectivity index (χ1) is 21.4. The number of rotatable bonds is 11. The van der Waals surface area contributed by atoms with E-state index in [1.165, 1.54) is 11.1 Å². The van der Waals surface area contributed by atoms with E-state index in [2.05, 4.69) is 17.9 Å². The molecule has 0 aliphatic carbocycles. The Morgan fingerprint density at radius 1 is 0.978 bits per heavy atom. The number of aromatic nitrogens is 2. The summed E-state index contributed by atoms with van der Waals surface area (Å²) < 4.78 is 13.3. The molecule has 0 bridgehead atoms. The van der Waals surface area contributed by atoms with E-state index in [4.69, 9.17) is 14.1 Å². The number of pyridine rings is 2. The molecular formula is C35H43N5O5. The number of hydrogen-bond donors (Lipinski definition) is 0. The van der Waals surface area contributed by atoms with Crippen molar-refractivity contribution >= 4 is 34.2 Å². The predicted octanol–water partition coefficient (Wildman–Crippen LogP) is 5.24. The van der Waals surface area contributed by atoms with Gasteiger partial charge in [-0.05, 0) is 89.4 Å². The first-order valence-electron chi connectivity index (χ1n) is 15.5. The minimum atomic E-state index is -1.16. The van der Waals surface area contributed by atoms with Gasteiger partial charge in [-0.3, -0.25) is 24.3 Å². The topological polar surface area (TPSA) is 101 Å². The van der Waals surface area contributed by atoms with Crippen molar-refractivity contribution < 1.29 is 18.7 Å². The molecule has 4 heterocycles. The van der Waals surface area contributed by atoms with Gasteiger partial charge in [-0.15, -0.1) is 0 Å². The average molecular weight is 614 g/mol. The molecular weight excluding hydrogens is 570 g/mol. The summed E-state index contributed by atoms with van der Waals surface area (Å²) in [5.41, 5.74) is 5.11. The maximum atomic E-state index is 13.2. The molecule has 0 radical (unpaired) electrons. The number of hydrogen-bond acceptors (Lipinski definition) is 7. The van der Waals surface area contributed by atoms with Gasteiger partial charge in [0.1, 0.15) is 16.7 Å². The maximum absolute atomic E-state index is 13.2. The molecule has 10 nitrogen and oxygen atoms in total. The van der Waals surface area contributed by atoms with Crippen LogP contribution in [0, 0.1) is 26.2 Å². The van der Waals surface area contributed by atoms with Crippen molar-refractivity contribution in [2.24, 2.45) is 5.41 Å². The van der Waals surface area contributed by atoms with E-state index < -0.39 is 5.41 Å². The molecule has 238 valence electrons. The normalized spacial score (nSPS) is 14.8. The van der Waals surface area contributed by atoms with Gasteiger partial charge in [0.25, 0.3) is 5.56 Å². The molecule has 3 aromatic heterocycles. The highest BCUT2D eigenvalue weighted by Gasteiger charge is 2.45. The lowest BCUT2D eigenvalue weighted by atomic mass is 9.90. The van der Waals surface area contributed by atoms with Crippen molar-refractivity contribution in [1.82, 2.24) is 14.5 Å². The van der Waals surface area contributed by atoms with Crippen LogP contribution in [0.1, 0.15) is 49.7 Å². The van der Waals surface area contributed by atoms with Crippen LogP contribution in [0.25, 0.3) is 11.0 Å². The number of carbonyl (C=O) groups excluding carboxylic acids is 2. The first-order valence-corrected chi connectivity index (χ1v) is 15.5. The molecule has 4 aromatic rings. The number of carbonyl (C=O) groups is 2. The molecule has 2 amide bonds. The van der Waals surface area contributed by atoms with Gasteiger partial charge in [-0.1, -0.05) is 0 Å². The lowest BCUT2D eigenvalue weighted by Crippen LogP contribution is -2.47. The third kappa shape index (κ3) is 6.38. The third-order valence-corrected chi connectivity index (χ3v) is 8.74. The molecule has 0 unspecified atom stereocenters. The quantitative estimate of drug-likeness (QED) is 0.168. The van der Waals surface area contributed by atoms with Crippen molar-refractivity contribution in [2.75, 3.05) is 43.1 Å². The fourth-order valence-electron chi connectivity index (χ4n) is 6.16. The van der Waals surface area contributed by atoms with Crippen molar-refractivity contribution in [3.8, 4) is 5.75 Å². The Morgan fingerprint density at radius 3 is 2.49 bits per heavy atom. The number of benzene rings is 1. The van der Waals surface area contributed by atoms with E-state index in [-0.39, 0.29) is 17.4 Å². The Kier molecular flexibility index (Phi) is 9.16. The SMILES string of the molecule is CCN1C(=O)C(C)(C)C(=O)N(C)c2cc(OCCCN(CCn3ccc4occc4c3=O)Cc3c(C)cc(C)nc3C)ccc21. The highest BCUT2D eigenvalue weighted by molar-refractivity contribution is 6.20. The van der Waals surface area contributed by atoms with Crippen LogP contribution in [0.3, 0.4) is 0 Å². The van der Waals surface area contributed by atoms with E-state index in [1.807, 2.05) is 45.0 Å². The molecule has 45 heavy (non-hydrogen) atoms. The summed E-state index contributed by atoms with van der Waals surface area (Å²) >= 11 is 0. The van der Waals surface area contributed by atoms with Crippen molar-refractivity contribution in [3.63, 3.8) is 0 Å². The van der Waals surface area contributed by atoms with E-state index >= 15 is 0 Å². The standard InChI is InChI=1S/C35H43N5O5/c1-8-40-29-11-10-26(21-30(29)37(7)33(42)35(5,6)34(40)43)44-18-9-14-38(22-28-23(2)20-24(3)36-25(28)4)16-17-39-15-12-31-27(32(39)41)13-19-45-31/h10-13,15,19-21H,8-9,14,16-18,22H2,1-7H3. The number of anilines is 2. The van der Waals surface area contributed by atoms with Gasteiger partial charge in [0.05, 0.1) is 29.6 Å². The Morgan fingerprint density at radius 2 is 1.76 bits per heavy atom. The monoisotopic (exact) mass is 613 g/mol. The fraction of sp³-hybridized carbons (Fsp3) is 0.429.